The van der Waals surface area contributed by atoms with Crippen molar-refractivity contribution in [3.05, 3.63) is 0 Å². The van der Waals surface area contributed by atoms with Gasteiger partial charge in [0.2, 0.25) is 0 Å². The first-order valence-electron chi connectivity index (χ1n) is 0. The van der Waals surface area contributed by atoms with Gasteiger partial charge in [-0.3, -0.25) is 0 Å². The van der Waals surface area contributed by atoms with Crippen LogP contribution in [0, 0.1) is 0 Å². The minimum atomic E-state index is 0. The van der Waals surface area contributed by atoms with Crippen LogP contribution < -0.4 is 6.15 Å². The van der Waals surface area contributed by atoms with E-state index in [2.05, 4.69) is 0 Å². The molecule has 0 rings (SSSR count). The van der Waals surface area contributed by atoms with E-state index in [9.17, 15) is 0 Å². The zero-order valence-electron chi connectivity index (χ0n) is 1.62. The molecule has 0 unspecified atom stereocenters. The summed E-state index contributed by atoms with van der Waals surface area (Å²) >= 11 is 0. The van der Waals surface area contributed by atoms with Crippen molar-refractivity contribution >= 4 is 21.9 Å². The molecule has 0 bridgehead atoms. The second kappa shape index (κ2) is 33.7. The van der Waals surface area contributed by atoms with Crippen LogP contribution in [0.2, 0.25) is 0 Å². The van der Waals surface area contributed by atoms with Crippen molar-refractivity contribution in [1.82, 2.24) is 6.15 Å². The molecule has 0 aliphatic heterocycles. The second-order valence-corrected chi connectivity index (χ2v) is 0. The molecule has 0 aliphatic carbocycles. The maximum Gasteiger partial charge on any atom is 0.0814 e. The molecule has 0 radical (unpaired) electrons. The summed E-state index contributed by atoms with van der Waals surface area (Å²) in [5, 5.41) is 0. The molecule has 0 saturated heterocycles. The number of hydrogen-bond acceptors (Lipinski definition) is 1. The van der Waals surface area contributed by atoms with Gasteiger partial charge in [-0.2, -0.15) is 13.5 Å². The largest absolute Gasteiger partial charge is 0.344 e. The fourth-order valence-corrected chi connectivity index (χ4v) is 0. The van der Waals surface area contributed by atoms with Gasteiger partial charge in [-0.15, -0.1) is 0 Å². The monoisotopic (exact) mass is 163 g/mol. The van der Waals surface area contributed by atoms with Crippen LogP contribution in [0.5, 0.6) is 0 Å². The first-order valence-corrected chi connectivity index (χ1v) is 0. The van der Waals surface area contributed by atoms with Gasteiger partial charge < -0.3 is 6.15 Å². The summed E-state index contributed by atoms with van der Waals surface area (Å²) in [7, 11) is 0. The third-order valence-electron chi connectivity index (χ3n) is 0. The van der Waals surface area contributed by atoms with E-state index in [1.807, 2.05) is 0 Å². The Morgan fingerprint density at radius 2 is 1.00 bits per heavy atom. The fourth-order valence-electron chi connectivity index (χ4n) is 0. The van der Waals surface area contributed by atoms with E-state index in [0.717, 1.165) is 0 Å². The molecule has 0 aliphatic rings. The van der Waals surface area contributed by atoms with Crippen LogP contribution in [-0.4, -0.2) is 8.41 Å². The molecule has 0 amide bonds. The summed E-state index contributed by atoms with van der Waals surface area (Å²) in [5.74, 6) is 0. The zero-order valence-corrected chi connectivity index (χ0v) is 4.62. The molecule has 0 spiro atoms. The summed E-state index contributed by atoms with van der Waals surface area (Å²) in [6.07, 6.45) is 0. The van der Waals surface area contributed by atoms with Gasteiger partial charge in [0.25, 0.3) is 0 Å². The number of hydrogen-bond donors (Lipinski definition) is 1. The van der Waals surface area contributed by atoms with E-state index < -0.39 is 0 Å². The van der Waals surface area contributed by atoms with Gasteiger partial charge >= 0.3 is 0 Å². The summed E-state index contributed by atoms with van der Waals surface area (Å²) < 4.78 is 0. The molecule has 0 aromatic heterocycles. The Labute approximate surface area is 49.4 Å². The van der Waals surface area contributed by atoms with Crippen LogP contribution in [0.15, 0.2) is 0 Å². The van der Waals surface area contributed by atoms with Crippen LogP contribution in [0.4, 0.5) is 0 Å². The maximum atomic E-state index is 0. The molecule has 0 saturated carbocycles. The smallest absolute Gasteiger partial charge is 0.0814 e. The van der Waals surface area contributed by atoms with Crippen molar-refractivity contribution < 1.29 is 21.1 Å². The SMILES string of the molecule is B.N.S.[Mo]. The quantitative estimate of drug-likeness (QED) is 0.458. The standard InChI is InChI=1S/BH3.Mo.H3N.H2S/h1H3;;1H3;1H2. The molecule has 0 atom stereocenters. The van der Waals surface area contributed by atoms with E-state index in [1.165, 1.54) is 0 Å². The predicted octanol–water partition coefficient (Wildman–Crippen LogP) is -0.912. The molecular formula is H8BMoNS. The Balaban J connectivity index is 0. The first kappa shape index (κ1) is 73.9. The van der Waals surface area contributed by atoms with Gasteiger partial charge in [0.15, 0.2) is 0 Å². The molecule has 1 nitrogen and oxygen atoms in total. The van der Waals surface area contributed by atoms with E-state index in [4.69, 9.17) is 0 Å². The van der Waals surface area contributed by atoms with Gasteiger partial charge in [0, 0.05) is 21.1 Å². The molecular weight excluding hydrogens is 153 g/mol. The molecule has 4 heavy (non-hydrogen) atoms. The molecule has 0 fully saturated rings. The Morgan fingerprint density at radius 1 is 1.00 bits per heavy atom. The van der Waals surface area contributed by atoms with Gasteiger partial charge in [-0.25, -0.2) is 0 Å². The maximum absolute atomic E-state index is 0. The van der Waals surface area contributed by atoms with Crippen molar-refractivity contribution in [2.45, 2.75) is 0 Å². The van der Waals surface area contributed by atoms with E-state index in [-0.39, 0.29) is 49.1 Å². The third-order valence-corrected chi connectivity index (χ3v) is 0. The molecule has 28 valence electrons. The molecule has 0 aromatic carbocycles. The van der Waals surface area contributed by atoms with Crippen LogP contribution in [0.25, 0.3) is 0 Å². The number of rotatable bonds is 0. The topological polar surface area (TPSA) is 35.0 Å². The van der Waals surface area contributed by atoms with Crippen molar-refractivity contribution in [2.24, 2.45) is 0 Å². The minimum Gasteiger partial charge on any atom is -0.344 e. The average molecular weight is 161 g/mol. The van der Waals surface area contributed by atoms with E-state index >= 15 is 0 Å². The molecule has 0 aromatic rings. The van der Waals surface area contributed by atoms with Gasteiger partial charge in [-0.05, 0) is 0 Å². The van der Waals surface area contributed by atoms with Crippen molar-refractivity contribution in [3.63, 3.8) is 0 Å². The van der Waals surface area contributed by atoms with Crippen LogP contribution in [0.1, 0.15) is 0 Å². The summed E-state index contributed by atoms with van der Waals surface area (Å²) in [6, 6.07) is 0. The van der Waals surface area contributed by atoms with Crippen LogP contribution >= 0.6 is 13.5 Å². The molecule has 3 N–H and O–H groups in total. The van der Waals surface area contributed by atoms with Crippen LogP contribution in [0.3, 0.4) is 0 Å². The molecule has 0 heterocycles. The fraction of sp³-hybridized carbons (Fsp3) is 0. The Hall–Kier alpha value is 1.06. The zero-order chi connectivity index (χ0) is 0. The summed E-state index contributed by atoms with van der Waals surface area (Å²) in [5.41, 5.74) is 0. The van der Waals surface area contributed by atoms with Gasteiger partial charge in [0.05, 0.1) is 8.41 Å². The first-order chi connectivity index (χ1) is 0. The van der Waals surface area contributed by atoms with Crippen molar-refractivity contribution in [1.29, 1.82) is 0 Å². The van der Waals surface area contributed by atoms with E-state index in [0.29, 0.717) is 0 Å². The Kier molecular flexibility index (Phi) is 623. The van der Waals surface area contributed by atoms with Crippen molar-refractivity contribution in [2.75, 3.05) is 0 Å². The van der Waals surface area contributed by atoms with E-state index in [1.54, 1.807) is 0 Å². The third kappa shape index (κ3) is 11.5. The van der Waals surface area contributed by atoms with Gasteiger partial charge in [-0.1, -0.05) is 0 Å². The van der Waals surface area contributed by atoms with Crippen LogP contribution in [-0.2, 0) is 21.1 Å². The minimum absolute atomic E-state index is 0. The Bertz CT molecular complexity index is 8.00. The predicted molar refractivity (Wildman–Crippen MR) is 25.3 cm³/mol. The normalized spacial score (nSPS) is 0. The summed E-state index contributed by atoms with van der Waals surface area (Å²) in [6.45, 7) is 0. The summed E-state index contributed by atoms with van der Waals surface area (Å²) in [4.78, 5) is 0. The second-order valence-electron chi connectivity index (χ2n) is 0. The van der Waals surface area contributed by atoms with Crippen molar-refractivity contribution in [3.8, 4) is 0 Å². The Morgan fingerprint density at radius 3 is 1.00 bits per heavy atom. The average Bonchev–Trinajstić information content (AvgIpc) is 0. The van der Waals surface area contributed by atoms with Gasteiger partial charge in [0.1, 0.15) is 0 Å². The molecule has 4 heteroatoms.